The number of nitrogens with zero attached hydrogens (tertiary/aromatic N) is 2. The van der Waals surface area contributed by atoms with Crippen LogP contribution in [0.4, 0.5) is 0 Å². The highest BCUT2D eigenvalue weighted by Crippen LogP contribution is 2.46. The van der Waals surface area contributed by atoms with E-state index < -0.39 is 5.54 Å². The fourth-order valence-electron chi connectivity index (χ4n) is 3.82. The normalized spacial score (nSPS) is 14.1. The Kier molecular flexibility index (Phi) is 4.44. The number of rotatable bonds is 4. The summed E-state index contributed by atoms with van der Waals surface area (Å²) in [5.41, 5.74) is 2.97. The van der Waals surface area contributed by atoms with Crippen molar-refractivity contribution in [2.45, 2.75) is 5.54 Å². The summed E-state index contributed by atoms with van der Waals surface area (Å²) in [7, 11) is 2.09. The van der Waals surface area contributed by atoms with Gasteiger partial charge in [0.25, 0.3) is 0 Å². The van der Waals surface area contributed by atoms with Crippen LogP contribution in [0.15, 0.2) is 97.3 Å². The molecule has 0 saturated carbocycles. The predicted molar refractivity (Wildman–Crippen MR) is 108 cm³/mol. The smallest absolute Gasteiger partial charge is 0.119 e. The van der Waals surface area contributed by atoms with Crippen LogP contribution < -0.4 is 0 Å². The molecular weight excluding hydrogens is 340 g/mol. The maximum atomic E-state index is 6.76. The minimum Gasteiger partial charge on any atom is -0.362 e. The predicted octanol–water partition coefficient (Wildman–Crippen LogP) is 5.31. The Labute approximate surface area is 159 Å². The van der Waals surface area contributed by atoms with Gasteiger partial charge >= 0.3 is 0 Å². The fourth-order valence-corrected chi connectivity index (χ4v) is 4.10. The molecule has 0 bridgehead atoms. The number of hydrogen-bond acceptors (Lipinski definition) is 2. The molecule has 26 heavy (non-hydrogen) atoms. The summed E-state index contributed by atoms with van der Waals surface area (Å²) in [6.45, 7) is 0.787. The van der Waals surface area contributed by atoms with E-state index in [1.807, 2.05) is 12.1 Å². The second-order valence-electron chi connectivity index (χ2n) is 6.59. The quantitative estimate of drug-likeness (QED) is 0.582. The standard InChI is InChI=1S/C23H21ClN2/c1-25-16-17-26(18-25)23(19-10-4-2-5-11-19,20-12-6-3-7-13-20)21-14-8-9-15-22(21)24/h2-17H,18H2,1H3. The van der Waals surface area contributed by atoms with Crippen molar-refractivity contribution in [3.8, 4) is 0 Å². The molecule has 0 amide bonds. The van der Waals surface area contributed by atoms with Gasteiger partial charge in [0.1, 0.15) is 5.54 Å². The molecule has 0 radical (unpaired) electrons. The number of halogens is 1. The minimum absolute atomic E-state index is 0.498. The highest BCUT2D eigenvalue weighted by molar-refractivity contribution is 6.31. The van der Waals surface area contributed by atoms with Gasteiger partial charge in [-0.3, -0.25) is 0 Å². The average molecular weight is 361 g/mol. The van der Waals surface area contributed by atoms with E-state index in [-0.39, 0.29) is 0 Å². The van der Waals surface area contributed by atoms with Crippen molar-refractivity contribution in [1.29, 1.82) is 0 Å². The third-order valence-corrected chi connectivity index (χ3v) is 5.28. The average Bonchev–Trinajstić information content (AvgIpc) is 3.12. The monoisotopic (exact) mass is 360 g/mol. The fraction of sp³-hybridized carbons (Fsp3) is 0.130. The van der Waals surface area contributed by atoms with Crippen molar-refractivity contribution in [3.63, 3.8) is 0 Å². The first-order valence-corrected chi connectivity index (χ1v) is 9.12. The zero-order chi connectivity index (χ0) is 18.0. The molecule has 3 aromatic carbocycles. The van der Waals surface area contributed by atoms with Gasteiger partial charge in [0.2, 0.25) is 0 Å². The molecule has 0 unspecified atom stereocenters. The van der Waals surface area contributed by atoms with Crippen LogP contribution in [0, 0.1) is 0 Å². The van der Waals surface area contributed by atoms with Crippen LogP contribution in [0.2, 0.25) is 5.02 Å². The molecule has 130 valence electrons. The van der Waals surface area contributed by atoms with Gasteiger partial charge in [-0.15, -0.1) is 0 Å². The van der Waals surface area contributed by atoms with Gasteiger partial charge in [-0.2, -0.15) is 0 Å². The first kappa shape index (κ1) is 16.7. The van der Waals surface area contributed by atoms with Crippen molar-refractivity contribution < 1.29 is 0 Å². The molecule has 0 saturated heterocycles. The Bertz CT molecular complexity index is 866. The summed E-state index contributed by atoms with van der Waals surface area (Å²) >= 11 is 6.76. The summed E-state index contributed by atoms with van der Waals surface area (Å²) in [6, 6.07) is 29.4. The van der Waals surface area contributed by atoms with Crippen molar-refractivity contribution in [2.75, 3.05) is 13.7 Å². The molecule has 0 N–H and O–H groups in total. The molecule has 2 nitrogen and oxygen atoms in total. The van der Waals surface area contributed by atoms with E-state index in [2.05, 4.69) is 102 Å². The summed E-state index contributed by atoms with van der Waals surface area (Å²) in [5, 5.41) is 0.767. The van der Waals surface area contributed by atoms with Gasteiger partial charge in [-0.25, -0.2) is 0 Å². The maximum Gasteiger partial charge on any atom is 0.119 e. The Hall–Kier alpha value is -2.71. The number of hydrogen-bond donors (Lipinski definition) is 0. The summed E-state index contributed by atoms with van der Waals surface area (Å²) in [6.07, 6.45) is 4.26. The van der Waals surface area contributed by atoms with Crippen LogP contribution in [0.5, 0.6) is 0 Å². The lowest BCUT2D eigenvalue weighted by Gasteiger charge is -2.44. The molecule has 4 rings (SSSR count). The SMILES string of the molecule is CN1C=CN(C(c2ccccc2)(c2ccccc2)c2ccccc2Cl)C1. The van der Waals surface area contributed by atoms with E-state index in [0.29, 0.717) is 0 Å². The molecule has 1 aliphatic heterocycles. The lowest BCUT2D eigenvalue weighted by molar-refractivity contribution is 0.194. The van der Waals surface area contributed by atoms with E-state index in [1.165, 1.54) is 11.1 Å². The Balaban J connectivity index is 2.07. The molecular formula is C23H21ClN2. The van der Waals surface area contributed by atoms with E-state index in [0.717, 1.165) is 17.3 Å². The highest BCUT2D eigenvalue weighted by atomic mass is 35.5. The zero-order valence-corrected chi connectivity index (χ0v) is 15.5. The van der Waals surface area contributed by atoms with Gasteiger partial charge in [0, 0.05) is 30.0 Å². The molecule has 1 heterocycles. The molecule has 3 aromatic rings. The lowest BCUT2D eigenvalue weighted by Crippen LogP contribution is -2.46. The van der Waals surface area contributed by atoms with Gasteiger partial charge in [0.15, 0.2) is 0 Å². The van der Waals surface area contributed by atoms with Crippen LogP contribution in [-0.2, 0) is 5.54 Å². The van der Waals surface area contributed by atoms with Crippen LogP contribution >= 0.6 is 11.6 Å². The van der Waals surface area contributed by atoms with Crippen molar-refractivity contribution >= 4 is 11.6 Å². The van der Waals surface area contributed by atoms with Crippen LogP contribution in [0.3, 0.4) is 0 Å². The molecule has 0 aliphatic carbocycles. The molecule has 1 aliphatic rings. The first-order valence-electron chi connectivity index (χ1n) is 8.74. The van der Waals surface area contributed by atoms with Crippen LogP contribution in [-0.4, -0.2) is 23.5 Å². The Morgan fingerprint density at radius 3 is 1.77 bits per heavy atom. The van der Waals surface area contributed by atoms with E-state index >= 15 is 0 Å². The molecule has 0 spiro atoms. The molecule has 0 fully saturated rings. The van der Waals surface area contributed by atoms with Crippen molar-refractivity contribution in [3.05, 3.63) is 119 Å². The third-order valence-electron chi connectivity index (χ3n) is 4.95. The third kappa shape index (κ3) is 2.67. The largest absolute Gasteiger partial charge is 0.362 e. The van der Waals surface area contributed by atoms with E-state index in [9.17, 15) is 0 Å². The van der Waals surface area contributed by atoms with Crippen LogP contribution in [0.25, 0.3) is 0 Å². The topological polar surface area (TPSA) is 6.48 Å². The molecule has 0 aromatic heterocycles. The number of benzene rings is 3. The second-order valence-corrected chi connectivity index (χ2v) is 7.00. The minimum atomic E-state index is -0.498. The molecule has 3 heteroatoms. The Morgan fingerprint density at radius 1 is 0.731 bits per heavy atom. The van der Waals surface area contributed by atoms with Crippen molar-refractivity contribution in [2.24, 2.45) is 0 Å². The first-order chi connectivity index (χ1) is 12.7. The van der Waals surface area contributed by atoms with E-state index in [4.69, 9.17) is 11.6 Å². The van der Waals surface area contributed by atoms with Gasteiger partial charge < -0.3 is 9.80 Å². The highest BCUT2D eigenvalue weighted by Gasteiger charge is 2.43. The second kappa shape index (κ2) is 6.89. The van der Waals surface area contributed by atoms with Gasteiger partial charge in [-0.05, 0) is 17.2 Å². The lowest BCUT2D eigenvalue weighted by atomic mass is 9.76. The zero-order valence-electron chi connectivity index (χ0n) is 14.7. The Morgan fingerprint density at radius 2 is 1.27 bits per heavy atom. The van der Waals surface area contributed by atoms with Crippen LogP contribution in [0.1, 0.15) is 16.7 Å². The maximum absolute atomic E-state index is 6.76. The van der Waals surface area contributed by atoms with E-state index in [1.54, 1.807) is 0 Å². The van der Waals surface area contributed by atoms with Gasteiger partial charge in [-0.1, -0.05) is 90.5 Å². The summed E-state index contributed by atoms with van der Waals surface area (Å²) in [5.74, 6) is 0. The molecule has 0 atom stereocenters. The van der Waals surface area contributed by atoms with Gasteiger partial charge in [0.05, 0.1) is 6.67 Å². The summed E-state index contributed by atoms with van der Waals surface area (Å²) in [4.78, 5) is 4.54. The van der Waals surface area contributed by atoms with Crippen molar-refractivity contribution in [1.82, 2.24) is 9.80 Å². The summed E-state index contributed by atoms with van der Waals surface area (Å²) < 4.78 is 0.